The van der Waals surface area contributed by atoms with E-state index >= 15 is 0 Å². The highest BCUT2D eigenvalue weighted by Gasteiger charge is 2.32. The van der Waals surface area contributed by atoms with Crippen LogP contribution in [-0.2, 0) is 11.3 Å². The van der Waals surface area contributed by atoms with Crippen LogP contribution in [0.15, 0.2) is 6.20 Å². The SMILES string of the molecule is CC1(C)CN(CCn2cc(C(=O)NN)nn2)CC(CO)O1. The highest BCUT2D eigenvalue weighted by atomic mass is 16.5. The summed E-state index contributed by atoms with van der Waals surface area (Å²) in [6.07, 6.45) is 1.38. The van der Waals surface area contributed by atoms with Gasteiger partial charge in [-0.2, -0.15) is 0 Å². The Kier molecular flexibility index (Phi) is 4.88. The lowest BCUT2D eigenvalue weighted by Crippen LogP contribution is -2.54. The van der Waals surface area contributed by atoms with Crippen LogP contribution >= 0.6 is 0 Å². The molecule has 1 unspecified atom stereocenters. The summed E-state index contributed by atoms with van der Waals surface area (Å²) in [5.74, 6) is 4.58. The summed E-state index contributed by atoms with van der Waals surface area (Å²) in [6.45, 7) is 6.78. The zero-order valence-electron chi connectivity index (χ0n) is 12.3. The number of aromatic nitrogens is 3. The second-order valence-corrected chi connectivity index (χ2v) is 5.76. The van der Waals surface area contributed by atoms with Gasteiger partial charge >= 0.3 is 0 Å². The molecule has 0 spiro atoms. The molecule has 2 rings (SSSR count). The van der Waals surface area contributed by atoms with Gasteiger partial charge in [-0.3, -0.25) is 19.8 Å². The molecule has 0 aromatic carbocycles. The molecule has 2 heterocycles. The second-order valence-electron chi connectivity index (χ2n) is 5.76. The molecule has 0 aliphatic carbocycles. The van der Waals surface area contributed by atoms with Crippen molar-refractivity contribution < 1.29 is 14.6 Å². The van der Waals surface area contributed by atoms with Gasteiger partial charge in [-0.05, 0) is 13.8 Å². The summed E-state index contributed by atoms with van der Waals surface area (Å²) in [5, 5.41) is 16.9. The summed E-state index contributed by atoms with van der Waals surface area (Å²) in [7, 11) is 0. The van der Waals surface area contributed by atoms with E-state index in [1.807, 2.05) is 19.3 Å². The van der Waals surface area contributed by atoms with Crippen LogP contribution in [0.3, 0.4) is 0 Å². The molecule has 9 nitrogen and oxygen atoms in total. The molecule has 1 aliphatic rings. The molecule has 1 saturated heterocycles. The number of nitrogens with zero attached hydrogens (tertiary/aromatic N) is 4. The number of carbonyl (C=O) groups excluding carboxylic acids is 1. The van der Waals surface area contributed by atoms with E-state index in [1.54, 1.807) is 10.9 Å². The Morgan fingerprint density at radius 3 is 3.05 bits per heavy atom. The number of amides is 1. The van der Waals surface area contributed by atoms with Crippen molar-refractivity contribution in [2.24, 2.45) is 5.84 Å². The first kappa shape index (κ1) is 15.8. The Hall–Kier alpha value is -1.55. The molecule has 118 valence electrons. The van der Waals surface area contributed by atoms with Gasteiger partial charge in [0.2, 0.25) is 0 Å². The largest absolute Gasteiger partial charge is 0.394 e. The third kappa shape index (κ3) is 4.21. The third-order valence-corrected chi connectivity index (χ3v) is 3.30. The number of aliphatic hydroxyl groups excluding tert-OH is 1. The minimum Gasteiger partial charge on any atom is -0.394 e. The molecular formula is C12H22N6O3. The van der Waals surface area contributed by atoms with Crippen molar-refractivity contribution in [2.75, 3.05) is 26.2 Å². The molecule has 1 aromatic heterocycles. The topological polar surface area (TPSA) is 119 Å². The fourth-order valence-electron chi connectivity index (χ4n) is 2.51. The molecule has 9 heteroatoms. The van der Waals surface area contributed by atoms with E-state index in [2.05, 4.69) is 15.2 Å². The Morgan fingerprint density at radius 1 is 1.62 bits per heavy atom. The predicted octanol–water partition coefficient (Wildman–Crippen LogP) is -1.65. The van der Waals surface area contributed by atoms with Gasteiger partial charge in [0.15, 0.2) is 5.69 Å². The van der Waals surface area contributed by atoms with Crippen LogP contribution in [0.5, 0.6) is 0 Å². The number of aliphatic hydroxyl groups is 1. The summed E-state index contributed by atoms with van der Waals surface area (Å²) < 4.78 is 7.36. The first-order valence-electron chi connectivity index (χ1n) is 6.85. The molecule has 1 aliphatic heterocycles. The lowest BCUT2D eigenvalue weighted by molar-refractivity contribution is -0.149. The van der Waals surface area contributed by atoms with E-state index in [0.717, 1.165) is 13.1 Å². The van der Waals surface area contributed by atoms with E-state index < -0.39 is 5.91 Å². The Balaban J connectivity index is 1.90. The highest BCUT2D eigenvalue weighted by molar-refractivity contribution is 5.91. The smallest absolute Gasteiger partial charge is 0.287 e. The van der Waals surface area contributed by atoms with Crippen LogP contribution in [0.25, 0.3) is 0 Å². The van der Waals surface area contributed by atoms with Crippen molar-refractivity contribution in [3.63, 3.8) is 0 Å². The number of nitrogens with two attached hydrogens (primary N) is 1. The van der Waals surface area contributed by atoms with E-state index in [0.29, 0.717) is 13.1 Å². The van der Waals surface area contributed by atoms with Crippen LogP contribution in [0.2, 0.25) is 0 Å². The Morgan fingerprint density at radius 2 is 2.38 bits per heavy atom. The van der Waals surface area contributed by atoms with Crippen LogP contribution in [-0.4, -0.2) is 68.9 Å². The highest BCUT2D eigenvalue weighted by Crippen LogP contribution is 2.20. The lowest BCUT2D eigenvalue weighted by atomic mass is 10.1. The number of hydrogen-bond acceptors (Lipinski definition) is 7. The average molecular weight is 298 g/mol. The number of morpholine rings is 1. The van der Waals surface area contributed by atoms with Gasteiger partial charge in [-0.25, -0.2) is 5.84 Å². The number of nitrogens with one attached hydrogen (secondary N) is 1. The second kappa shape index (κ2) is 6.48. The van der Waals surface area contributed by atoms with Crippen molar-refractivity contribution in [3.05, 3.63) is 11.9 Å². The van der Waals surface area contributed by atoms with Crippen LogP contribution in [0, 0.1) is 0 Å². The van der Waals surface area contributed by atoms with Gasteiger partial charge in [0.05, 0.1) is 31.1 Å². The normalized spacial score (nSPS) is 22.2. The Labute approximate surface area is 123 Å². The number of hydrogen-bond donors (Lipinski definition) is 3. The molecule has 1 aromatic rings. The van der Waals surface area contributed by atoms with Crippen molar-refractivity contribution >= 4 is 5.91 Å². The maximum atomic E-state index is 11.3. The Bertz CT molecular complexity index is 489. The van der Waals surface area contributed by atoms with Crippen LogP contribution < -0.4 is 11.3 Å². The standard InChI is InChI=1S/C12H22N6O3/c1-12(2)8-17(5-9(7-19)21-12)3-4-18-6-10(15-16-18)11(20)14-13/h6,9,19H,3-5,7-8,13H2,1-2H3,(H,14,20). The van der Waals surface area contributed by atoms with Gasteiger partial charge in [0, 0.05) is 19.6 Å². The number of hydrazine groups is 1. The quantitative estimate of drug-likeness (QED) is 0.339. The molecule has 4 N–H and O–H groups in total. The summed E-state index contributed by atoms with van der Waals surface area (Å²) in [4.78, 5) is 13.5. The third-order valence-electron chi connectivity index (χ3n) is 3.30. The van der Waals surface area contributed by atoms with Crippen LogP contribution in [0.1, 0.15) is 24.3 Å². The molecule has 1 fully saturated rings. The molecule has 0 saturated carbocycles. The van der Waals surface area contributed by atoms with Gasteiger partial charge < -0.3 is 9.84 Å². The van der Waals surface area contributed by atoms with E-state index in [1.165, 1.54) is 0 Å². The minimum absolute atomic E-state index is 0.00404. The van der Waals surface area contributed by atoms with Crippen molar-refractivity contribution in [1.29, 1.82) is 0 Å². The number of rotatable bonds is 5. The van der Waals surface area contributed by atoms with Crippen molar-refractivity contribution in [1.82, 2.24) is 25.3 Å². The maximum Gasteiger partial charge on any atom is 0.287 e. The molecule has 1 amide bonds. The number of ether oxygens (including phenoxy) is 1. The van der Waals surface area contributed by atoms with Crippen molar-refractivity contribution in [3.8, 4) is 0 Å². The first-order chi connectivity index (χ1) is 9.93. The fraction of sp³-hybridized carbons (Fsp3) is 0.750. The molecule has 0 radical (unpaired) electrons. The van der Waals surface area contributed by atoms with Gasteiger partial charge in [-0.15, -0.1) is 5.10 Å². The average Bonchev–Trinajstić information content (AvgIpc) is 2.91. The summed E-state index contributed by atoms with van der Waals surface area (Å²) >= 11 is 0. The predicted molar refractivity (Wildman–Crippen MR) is 74.2 cm³/mol. The molecule has 21 heavy (non-hydrogen) atoms. The minimum atomic E-state index is -0.464. The van der Waals surface area contributed by atoms with Crippen molar-refractivity contribution in [2.45, 2.75) is 32.1 Å². The molecule has 1 atom stereocenters. The summed E-state index contributed by atoms with van der Waals surface area (Å²) in [6, 6.07) is 0. The zero-order valence-corrected chi connectivity index (χ0v) is 12.3. The molecular weight excluding hydrogens is 276 g/mol. The monoisotopic (exact) mass is 298 g/mol. The van der Waals surface area contributed by atoms with Gasteiger partial charge in [0.25, 0.3) is 5.91 Å². The van der Waals surface area contributed by atoms with E-state index in [4.69, 9.17) is 10.6 Å². The van der Waals surface area contributed by atoms with Gasteiger partial charge in [0.1, 0.15) is 0 Å². The fourth-order valence-corrected chi connectivity index (χ4v) is 2.51. The number of nitrogen functional groups attached to an aromatic ring is 1. The maximum absolute atomic E-state index is 11.3. The first-order valence-corrected chi connectivity index (χ1v) is 6.85. The molecule has 0 bridgehead atoms. The van der Waals surface area contributed by atoms with Crippen LogP contribution in [0.4, 0.5) is 0 Å². The summed E-state index contributed by atoms with van der Waals surface area (Å²) in [5.41, 5.74) is 1.91. The number of carbonyl (C=O) groups is 1. The van der Waals surface area contributed by atoms with Gasteiger partial charge in [-0.1, -0.05) is 5.21 Å². The zero-order chi connectivity index (χ0) is 15.5. The lowest BCUT2D eigenvalue weighted by Gasteiger charge is -2.42. The van der Waals surface area contributed by atoms with E-state index in [9.17, 15) is 9.90 Å². The van der Waals surface area contributed by atoms with E-state index in [-0.39, 0.29) is 24.0 Å².